The Hall–Kier alpha value is -1.84. The number of aromatic amines is 1. The van der Waals surface area contributed by atoms with Gasteiger partial charge in [-0.15, -0.1) is 6.42 Å². The molecule has 2 N–H and O–H groups in total. The number of H-pyrrole nitrogens is 1. The van der Waals surface area contributed by atoms with E-state index in [0.717, 1.165) is 0 Å². The second-order valence-electron chi connectivity index (χ2n) is 4.19. The van der Waals surface area contributed by atoms with Crippen LogP contribution in [0, 0.1) is 12.3 Å². The topological polar surface area (TPSA) is 84.3 Å². The molecule has 1 aliphatic rings. The first-order chi connectivity index (χ1) is 8.56. The highest BCUT2D eigenvalue weighted by molar-refractivity contribution is 5.26. The highest BCUT2D eigenvalue weighted by atomic mass is 16.5. The summed E-state index contributed by atoms with van der Waals surface area (Å²) in [7, 11) is 0. The lowest BCUT2D eigenvalue weighted by atomic mass is 10.1. The van der Waals surface area contributed by atoms with Crippen molar-refractivity contribution in [3.05, 3.63) is 32.6 Å². The maximum Gasteiger partial charge on any atom is 0.330 e. The van der Waals surface area contributed by atoms with E-state index >= 15 is 0 Å². The van der Waals surface area contributed by atoms with Crippen LogP contribution in [0.15, 0.2) is 15.8 Å². The molecule has 0 radical (unpaired) electrons. The smallest absolute Gasteiger partial charge is 0.330 e. The van der Waals surface area contributed by atoms with Crippen LogP contribution in [-0.2, 0) is 4.74 Å². The van der Waals surface area contributed by atoms with Crippen LogP contribution in [-0.4, -0.2) is 26.9 Å². The normalized spacial score (nSPS) is 27.1. The van der Waals surface area contributed by atoms with E-state index in [9.17, 15) is 14.7 Å². The van der Waals surface area contributed by atoms with Gasteiger partial charge in [0.15, 0.2) is 0 Å². The lowest BCUT2D eigenvalue weighted by molar-refractivity contribution is -0.0218. The van der Waals surface area contributed by atoms with E-state index in [4.69, 9.17) is 11.2 Å². The molecular formula is C12H14N2O4. The summed E-state index contributed by atoms with van der Waals surface area (Å²) in [6.45, 7) is 1.89. The molecule has 0 aromatic carbocycles. The standard InChI is InChI=1S/C12H14N2O4/c1-3-7-6-14(12(17)13-11(7)16)10-5-8(15)9(4-2)18-10/h1,6,8-10,15H,4-5H2,2H3,(H,13,16,17)/t8?,9-,10-/m1/s1. The molecule has 6 heteroatoms. The summed E-state index contributed by atoms with van der Waals surface area (Å²) in [5.74, 6) is 2.20. The third-order valence-corrected chi connectivity index (χ3v) is 3.04. The fraction of sp³-hybridized carbons (Fsp3) is 0.500. The number of nitrogens with one attached hydrogen (secondary N) is 1. The van der Waals surface area contributed by atoms with Gasteiger partial charge in [0.25, 0.3) is 5.56 Å². The molecule has 1 aromatic rings. The molecular weight excluding hydrogens is 236 g/mol. The quantitative estimate of drug-likeness (QED) is 0.698. The number of terminal acetylenes is 1. The Balaban J connectivity index is 2.39. The van der Waals surface area contributed by atoms with Crippen LogP contribution in [0.3, 0.4) is 0 Å². The first-order valence-corrected chi connectivity index (χ1v) is 5.72. The Morgan fingerprint density at radius 3 is 2.94 bits per heavy atom. The number of ether oxygens (including phenoxy) is 1. The lowest BCUT2D eigenvalue weighted by Crippen LogP contribution is -2.33. The van der Waals surface area contributed by atoms with E-state index in [1.54, 1.807) is 0 Å². The summed E-state index contributed by atoms with van der Waals surface area (Å²) in [4.78, 5) is 25.1. The molecule has 3 atom stereocenters. The van der Waals surface area contributed by atoms with Gasteiger partial charge < -0.3 is 9.84 Å². The van der Waals surface area contributed by atoms with Gasteiger partial charge in [0.05, 0.1) is 12.2 Å². The molecule has 0 aliphatic carbocycles. The number of rotatable bonds is 2. The van der Waals surface area contributed by atoms with Gasteiger partial charge in [-0.3, -0.25) is 14.3 Å². The van der Waals surface area contributed by atoms with Gasteiger partial charge in [-0.2, -0.15) is 0 Å². The minimum Gasteiger partial charge on any atom is -0.390 e. The van der Waals surface area contributed by atoms with Gasteiger partial charge in [0, 0.05) is 12.6 Å². The van der Waals surface area contributed by atoms with Crippen molar-refractivity contribution in [1.29, 1.82) is 0 Å². The molecule has 2 heterocycles. The molecule has 96 valence electrons. The lowest BCUT2D eigenvalue weighted by Gasteiger charge is -2.14. The van der Waals surface area contributed by atoms with Crippen LogP contribution < -0.4 is 11.2 Å². The van der Waals surface area contributed by atoms with Crippen molar-refractivity contribution in [1.82, 2.24) is 9.55 Å². The Kier molecular flexibility index (Phi) is 3.36. The van der Waals surface area contributed by atoms with E-state index in [0.29, 0.717) is 12.8 Å². The minimum atomic E-state index is -0.617. The summed E-state index contributed by atoms with van der Waals surface area (Å²) in [6, 6.07) is 0. The number of hydrogen-bond donors (Lipinski definition) is 2. The van der Waals surface area contributed by atoms with Crippen LogP contribution >= 0.6 is 0 Å². The molecule has 1 saturated heterocycles. The van der Waals surface area contributed by atoms with Gasteiger partial charge >= 0.3 is 5.69 Å². The first-order valence-electron chi connectivity index (χ1n) is 5.72. The van der Waals surface area contributed by atoms with E-state index in [1.807, 2.05) is 6.92 Å². The van der Waals surface area contributed by atoms with Crippen molar-refractivity contribution in [2.45, 2.75) is 38.2 Å². The number of aliphatic hydroxyl groups is 1. The van der Waals surface area contributed by atoms with Crippen molar-refractivity contribution in [3.63, 3.8) is 0 Å². The van der Waals surface area contributed by atoms with Gasteiger partial charge in [0.2, 0.25) is 0 Å². The van der Waals surface area contributed by atoms with Crippen molar-refractivity contribution >= 4 is 0 Å². The van der Waals surface area contributed by atoms with Gasteiger partial charge in [-0.1, -0.05) is 12.8 Å². The van der Waals surface area contributed by atoms with E-state index in [1.165, 1.54) is 10.8 Å². The molecule has 1 fully saturated rings. The zero-order chi connectivity index (χ0) is 13.3. The van der Waals surface area contributed by atoms with Crippen LogP contribution in [0.1, 0.15) is 31.6 Å². The Bertz CT molecular complexity index is 595. The Morgan fingerprint density at radius 2 is 2.39 bits per heavy atom. The minimum absolute atomic E-state index is 0.0626. The molecule has 6 nitrogen and oxygen atoms in total. The summed E-state index contributed by atoms with van der Waals surface area (Å²) < 4.78 is 6.77. The highest BCUT2D eigenvalue weighted by Gasteiger charge is 2.34. The average molecular weight is 250 g/mol. The highest BCUT2D eigenvalue weighted by Crippen LogP contribution is 2.28. The molecule has 18 heavy (non-hydrogen) atoms. The van der Waals surface area contributed by atoms with Crippen LogP contribution in [0.2, 0.25) is 0 Å². The molecule has 1 unspecified atom stereocenters. The Morgan fingerprint density at radius 1 is 1.67 bits per heavy atom. The number of aliphatic hydroxyl groups excluding tert-OH is 1. The molecule has 0 amide bonds. The van der Waals surface area contributed by atoms with E-state index in [-0.39, 0.29) is 11.7 Å². The van der Waals surface area contributed by atoms with Crippen molar-refractivity contribution in [2.24, 2.45) is 0 Å². The molecule has 2 rings (SSSR count). The van der Waals surface area contributed by atoms with Crippen molar-refractivity contribution in [3.8, 4) is 12.3 Å². The van der Waals surface area contributed by atoms with E-state index < -0.39 is 23.6 Å². The second-order valence-corrected chi connectivity index (χ2v) is 4.19. The Labute approximate surface area is 103 Å². The van der Waals surface area contributed by atoms with Crippen LogP contribution in [0.25, 0.3) is 0 Å². The predicted molar refractivity (Wildman–Crippen MR) is 64.1 cm³/mol. The molecule has 1 aromatic heterocycles. The van der Waals surface area contributed by atoms with Crippen LogP contribution in [0.4, 0.5) is 0 Å². The monoisotopic (exact) mass is 250 g/mol. The number of nitrogens with zero attached hydrogens (tertiary/aromatic N) is 1. The number of hydrogen-bond acceptors (Lipinski definition) is 4. The van der Waals surface area contributed by atoms with Crippen molar-refractivity contribution < 1.29 is 9.84 Å². The fourth-order valence-corrected chi connectivity index (χ4v) is 2.06. The fourth-order valence-electron chi connectivity index (χ4n) is 2.06. The molecule has 1 aliphatic heterocycles. The summed E-state index contributed by atoms with van der Waals surface area (Å²) >= 11 is 0. The van der Waals surface area contributed by atoms with Crippen molar-refractivity contribution in [2.75, 3.05) is 0 Å². The number of aromatic nitrogens is 2. The summed E-state index contributed by atoms with van der Waals surface area (Å²) in [5.41, 5.74) is -1.12. The maximum absolute atomic E-state index is 11.7. The second kappa shape index (κ2) is 4.80. The molecule has 0 bridgehead atoms. The largest absolute Gasteiger partial charge is 0.390 e. The van der Waals surface area contributed by atoms with Crippen LogP contribution in [0.5, 0.6) is 0 Å². The SMILES string of the molecule is C#Cc1cn([C@H]2CC(O)[C@@H](CC)O2)c(=O)[nH]c1=O. The zero-order valence-electron chi connectivity index (χ0n) is 9.92. The van der Waals surface area contributed by atoms with Gasteiger partial charge in [0.1, 0.15) is 11.8 Å². The zero-order valence-corrected chi connectivity index (χ0v) is 9.92. The predicted octanol–water partition coefficient (Wildman–Crippen LogP) is -0.424. The first kappa shape index (κ1) is 12.6. The summed E-state index contributed by atoms with van der Waals surface area (Å²) in [5, 5.41) is 9.74. The van der Waals surface area contributed by atoms with Gasteiger partial charge in [-0.25, -0.2) is 4.79 Å². The summed E-state index contributed by atoms with van der Waals surface area (Å²) in [6.07, 6.45) is 5.90. The third-order valence-electron chi connectivity index (χ3n) is 3.04. The average Bonchev–Trinajstić information content (AvgIpc) is 2.70. The maximum atomic E-state index is 11.7. The molecule has 0 spiro atoms. The third kappa shape index (κ3) is 2.10. The molecule has 0 saturated carbocycles. The van der Waals surface area contributed by atoms with E-state index in [2.05, 4.69) is 10.9 Å². The van der Waals surface area contributed by atoms with Gasteiger partial charge in [-0.05, 0) is 6.42 Å².